The topological polar surface area (TPSA) is 51.2 Å². The summed E-state index contributed by atoms with van der Waals surface area (Å²) in [6.45, 7) is 1.80. The molecule has 1 fully saturated rings. The van der Waals surface area contributed by atoms with E-state index in [9.17, 15) is 4.79 Å². The third-order valence-electron chi connectivity index (χ3n) is 2.72. The number of nitrogens with one attached hydrogen (secondary N) is 1. The van der Waals surface area contributed by atoms with Crippen LogP contribution < -0.4 is 10.1 Å². The molecule has 1 aromatic heterocycles. The molecule has 0 unspecified atom stereocenters. The summed E-state index contributed by atoms with van der Waals surface area (Å²) in [5, 5.41) is 2.92. The number of ether oxygens (including phenoxy) is 1. The number of aryl methyl sites for hydroxylation is 1. The molecule has 1 N–H and O–H groups in total. The Morgan fingerprint density at radius 3 is 3.20 bits per heavy atom. The van der Waals surface area contributed by atoms with Crippen molar-refractivity contribution in [3.05, 3.63) is 23.5 Å². The number of anilines is 1. The molecular formula is C11H10N2O2. The first-order valence-electron chi connectivity index (χ1n) is 5.34. The Kier molecular flexibility index (Phi) is 1.30. The molecule has 15 heavy (non-hydrogen) atoms. The zero-order valence-electron chi connectivity index (χ0n) is 9.26. The highest BCUT2D eigenvalue weighted by Gasteiger charge is 2.53. The van der Waals surface area contributed by atoms with Crippen LogP contribution in [-0.2, 0) is 4.79 Å². The zero-order valence-corrected chi connectivity index (χ0v) is 8.26. The predicted molar refractivity (Wildman–Crippen MR) is 54.4 cm³/mol. The Morgan fingerprint density at radius 2 is 2.53 bits per heavy atom. The fourth-order valence-electron chi connectivity index (χ4n) is 1.72. The van der Waals surface area contributed by atoms with Gasteiger partial charge in [-0.25, -0.2) is 9.78 Å². The highest BCUT2D eigenvalue weighted by molar-refractivity contribution is 5.70. The first kappa shape index (κ1) is 7.49. The second-order valence-electron chi connectivity index (χ2n) is 3.92. The molecule has 1 aliphatic heterocycles. The van der Waals surface area contributed by atoms with Crippen LogP contribution in [0.3, 0.4) is 0 Å². The highest BCUT2D eigenvalue weighted by atomic mass is 16.5. The van der Waals surface area contributed by atoms with E-state index in [0.29, 0.717) is 23.3 Å². The number of aromatic nitrogens is 1. The molecule has 0 aromatic carbocycles. The molecule has 0 atom stereocenters. The molecule has 0 bridgehead atoms. The van der Waals surface area contributed by atoms with Gasteiger partial charge in [0.2, 0.25) is 0 Å². The summed E-state index contributed by atoms with van der Waals surface area (Å²) >= 11 is 0. The maximum Gasteiger partial charge on any atom is 0.173 e. The minimum Gasteiger partial charge on any atom is -0.476 e. The average Bonchev–Trinajstić information content (AvgIpc) is 2.99. The molecule has 1 saturated carbocycles. The van der Waals surface area contributed by atoms with Crippen LogP contribution in [0.2, 0.25) is 0 Å². The van der Waals surface area contributed by atoms with Crippen molar-refractivity contribution in [1.82, 2.24) is 4.98 Å². The van der Waals surface area contributed by atoms with Crippen molar-refractivity contribution in [2.24, 2.45) is 0 Å². The largest absolute Gasteiger partial charge is 0.476 e. The molecule has 76 valence electrons. The Morgan fingerprint density at radius 1 is 1.73 bits per heavy atom. The van der Waals surface area contributed by atoms with Gasteiger partial charge in [-0.05, 0) is 31.9 Å². The number of nitrogens with zero attached hydrogens (tertiary/aromatic N) is 1. The molecule has 1 aromatic rings. The molecule has 1 aliphatic carbocycles. The van der Waals surface area contributed by atoms with Gasteiger partial charge in [0.15, 0.2) is 17.2 Å². The lowest BCUT2D eigenvalue weighted by atomic mass is 10.2. The van der Waals surface area contributed by atoms with Crippen molar-refractivity contribution in [3.63, 3.8) is 0 Å². The lowest BCUT2D eigenvalue weighted by Crippen LogP contribution is -2.31. The molecule has 0 amide bonds. The van der Waals surface area contributed by atoms with Gasteiger partial charge >= 0.3 is 0 Å². The molecule has 1 spiro atoms. The van der Waals surface area contributed by atoms with Crippen molar-refractivity contribution in [2.75, 3.05) is 5.32 Å². The Hall–Kier alpha value is -1.80. The van der Waals surface area contributed by atoms with Crippen LogP contribution >= 0.6 is 0 Å². The van der Waals surface area contributed by atoms with Gasteiger partial charge in [-0.2, -0.15) is 0 Å². The highest BCUT2D eigenvalue weighted by Crippen LogP contribution is 2.49. The average molecular weight is 203 g/mol. The van der Waals surface area contributed by atoms with Gasteiger partial charge in [0.05, 0.1) is 1.37 Å². The summed E-state index contributed by atoms with van der Waals surface area (Å²) < 4.78 is 13.5. The molecule has 2 heterocycles. The van der Waals surface area contributed by atoms with Gasteiger partial charge in [0.25, 0.3) is 0 Å². The van der Waals surface area contributed by atoms with Crippen molar-refractivity contribution in [2.45, 2.75) is 25.4 Å². The van der Waals surface area contributed by atoms with Crippen LogP contribution in [0.15, 0.2) is 17.8 Å². The first-order chi connectivity index (χ1) is 7.64. The molecule has 3 rings (SSSR count). The summed E-state index contributed by atoms with van der Waals surface area (Å²) in [7, 11) is 0. The number of fused-ring (bicyclic) bond motifs is 1. The van der Waals surface area contributed by atoms with Crippen LogP contribution in [0, 0.1) is 6.92 Å². The monoisotopic (exact) mass is 203 g/mol. The zero-order chi connectivity index (χ0) is 11.3. The van der Waals surface area contributed by atoms with Crippen molar-refractivity contribution in [3.8, 4) is 5.75 Å². The second kappa shape index (κ2) is 2.61. The molecule has 2 aliphatic rings. The SMILES string of the molecule is [2H]c1cc(C)nc2c1OC1(CC1)C(=C=O)N2. The van der Waals surface area contributed by atoms with E-state index in [0.717, 1.165) is 18.5 Å². The van der Waals surface area contributed by atoms with Gasteiger partial charge in [0, 0.05) is 5.69 Å². The van der Waals surface area contributed by atoms with E-state index in [1.807, 2.05) is 5.94 Å². The normalized spacial score (nSPS) is 20.9. The molecular weight excluding hydrogens is 192 g/mol. The molecule has 0 saturated heterocycles. The van der Waals surface area contributed by atoms with Crippen LogP contribution in [0.25, 0.3) is 0 Å². The Balaban J connectivity index is 2.15. The quantitative estimate of drug-likeness (QED) is 0.648. The molecule has 4 nitrogen and oxygen atoms in total. The van der Waals surface area contributed by atoms with E-state index < -0.39 is 5.60 Å². The minimum atomic E-state index is -0.554. The van der Waals surface area contributed by atoms with E-state index >= 15 is 0 Å². The Bertz CT molecular complexity index is 531. The van der Waals surface area contributed by atoms with E-state index in [-0.39, 0.29) is 0 Å². The Labute approximate surface area is 88.4 Å². The summed E-state index contributed by atoms with van der Waals surface area (Å²) in [6.07, 6.45) is 1.58. The van der Waals surface area contributed by atoms with E-state index in [4.69, 9.17) is 6.11 Å². The van der Waals surface area contributed by atoms with E-state index in [2.05, 4.69) is 10.3 Å². The van der Waals surface area contributed by atoms with Gasteiger partial charge in [0.1, 0.15) is 11.6 Å². The van der Waals surface area contributed by atoms with Crippen LogP contribution in [0.4, 0.5) is 5.82 Å². The van der Waals surface area contributed by atoms with Crippen molar-refractivity contribution in [1.29, 1.82) is 0 Å². The van der Waals surface area contributed by atoms with Gasteiger partial charge < -0.3 is 10.1 Å². The van der Waals surface area contributed by atoms with Gasteiger partial charge in [-0.3, -0.25) is 0 Å². The lowest BCUT2D eigenvalue weighted by Gasteiger charge is -2.26. The predicted octanol–water partition coefficient (Wildman–Crippen LogP) is 1.44. The number of carbonyl (C=O) groups excluding carboxylic acids is 1. The number of hydrogen-bond acceptors (Lipinski definition) is 4. The van der Waals surface area contributed by atoms with Crippen molar-refractivity contribution < 1.29 is 10.9 Å². The van der Waals surface area contributed by atoms with Crippen LogP contribution in [0.5, 0.6) is 5.75 Å². The summed E-state index contributed by atoms with van der Waals surface area (Å²) in [4.78, 5) is 15.0. The smallest absolute Gasteiger partial charge is 0.173 e. The summed E-state index contributed by atoms with van der Waals surface area (Å²) in [6, 6.07) is 1.94. The third kappa shape index (κ3) is 1.15. The van der Waals surface area contributed by atoms with Gasteiger partial charge in [-0.1, -0.05) is 0 Å². The number of pyridine rings is 1. The molecule has 0 radical (unpaired) electrons. The fraction of sp³-hybridized carbons (Fsp3) is 0.364. The van der Waals surface area contributed by atoms with E-state index in [1.165, 1.54) is 0 Å². The van der Waals surface area contributed by atoms with E-state index in [1.54, 1.807) is 13.0 Å². The lowest BCUT2D eigenvalue weighted by molar-refractivity contribution is 0.211. The van der Waals surface area contributed by atoms with Gasteiger partial charge in [-0.15, -0.1) is 0 Å². The maximum atomic E-state index is 10.8. The second-order valence-corrected chi connectivity index (χ2v) is 3.92. The summed E-state index contributed by atoms with van der Waals surface area (Å²) in [5.74, 6) is 2.74. The summed E-state index contributed by atoms with van der Waals surface area (Å²) in [5.41, 5.74) is 0.566. The van der Waals surface area contributed by atoms with Crippen LogP contribution in [0.1, 0.15) is 19.9 Å². The van der Waals surface area contributed by atoms with Crippen LogP contribution in [-0.4, -0.2) is 16.5 Å². The fourth-order valence-corrected chi connectivity index (χ4v) is 1.72. The van der Waals surface area contributed by atoms with Crippen molar-refractivity contribution >= 4 is 11.8 Å². The maximum absolute atomic E-state index is 10.8. The number of hydrogen-bond donors (Lipinski definition) is 1. The first-order valence-corrected chi connectivity index (χ1v) is 4.84. The molecule has 4 heteroatoms. The third-order valence-corrected chi connectivity index (χ3v) is 2.72. The number of rotatable bonds is 0. The standard InChI is InChI=1S/C11H10N2O2/c1-7-2-3-8-10(12-7)13-9(6-14)11(15-8)4-5-11/h2-3H,4-5H2,1H3,(H,12,13)/i3D. The minimum absolute atomic E-state index is 0.297.